The average Bonchev–Trinajstić information content (AvgIpc) is 2.19. The topological polar surface area (TPSA) is 21.3 Å². The van der Waals surface area contributed by atoms with Crippen LogP contribution in [-0.2, 0) is 4.74 Å². The Kier molecular flexibility index (Phi) is 3.60. The number of rotatable bonds is 2. The molecule has 0 amide bonds. The molecule has 0 aromatic carbocycles. The van der Waals surface area contributed by atoms with E-state index >= 15 is 0 Å². The molecule has 2 nitrogen and oxygen atoms in total. The molecule has 0 aromatic heterocycles. The highest BCUT2D eigenvalue weighted by Crippen LogP contribution is 2.18. The molecule has 80 valence electrons. The first-order chi connectivity index (χ1) is 6.84. The van der Waals surface area contributed by atoms with Crippen molar-refractivity contribution in [2.75, 3.05) is 13.2 Å². The summed E-state index contributed by atoms with van der Waals surface area (Å²) in [7, 11) is 0. The van der Waals surface area contributed by atoms with Gasteiger partial charge in [-0.15, -0.1) is 0 Å². The lowest BCUT2D eigenvalue weighted by Crippen LogP contribution is -2.41. The standard InChI is InChI=1S/C12H21NO/c1-10-3-2-4-12(9-10)13-11-5-7-14-8-6-11/h9,11-13H,2-8H2,1H3. The summed E-state index contributed by atoms with van der Waals surface area (Å²) in [6, 6.07) is 1.32. The first-order valence-corrected chi connectivity index (χ1v) is 5.86. The zero-order chi connectivity index (χ0) is 9.80. The van der Waals surface area contributed by atoms with E-state index in [1.807, 2.05) is 0 Å². The minimum atomic E-state index is 0.631. The van der Waals surface area contributed by atoms with Gasteiger partial charge in [-0.25, -0.2) is 0 Å². The molecule has 1 atom stereocenters. The van der Waals surface area contributed by atoms with Crippen molar-refractivity contribution < 1.29 is 4.74 Å². The molecule has 0 saturated carbocycles. The zero-order valence-corrected chi connectivity index (χ0v) is 9.09. The molecule has 1 N–H and O–H groups in total. The van der Waals surface area contributed by atoms with Crippen molar-refractivity contribution in [3.8, 4) is 0 Å². The van der Waals surface area contributed by atoms with E-state index in [1.54, 1.807) is 5.57 Å². The minimum Gasteiger partial charge on any atom is -0.381 e. The molecular weight excluding hydrogens is 174 g/mol. The van der Waals surface area contributed by atoms with Gasteiger partial charge in [0.2, 0.25) is 0 Å². The van der Waals surface area contributed by atoms with Crippen LogP contribution >= 0.6 is 0 Å². The van der Waals surface area contributed by atoms with Crippen LogP contribution in [0.4, 0.5) is 0 Å². The predicted molar refractivity (Wildman–Crippen MR) is 58.4 cm³/mol. The van der Waals surface area contributed by atoms with Gasteiger partial charge in [-0.1, -0.05) is 11.6 Å². The lowest BCUT2D eigenvalue weighted by molar-refractivity contribution is 0.0758. The second-order valence-corrected chi connectivity index (χ2v) is 4.57. The van der Waals surface area contributed by atoms with Crippen LogP contribution in [0.5, 0.6) is 0 Å². The number of nitrogens with one attached hydrogen (secondary N) is 1. The molecule has 2 rings (SSSR count). The van der Waals surface area contributed by atoms with Crippen LogP contribution in [0.15, 0.2) is 11.6 Å². The van der Waals surface area contributed by atoms with Crippen molar-refractivity contribution in [2.45, 2.75) is 51.1 Å². The van der Waals surface area contributed by atoms with E-state index in [-0.39, 0.29) is 0 Å². The summed E-state index contributed by atoms with van der Waals surface area (Å²) < 4.78 is 5.35. The fourth-order valence-corrected chi connectivity index (χ4v) is 2.41. The molecule has 0 radical (unpaired) electrons. The molecule has 1 heterocycles. The maximum atomic E-state index is 5.35. The van der Waals surface area contributed by atoms with E-state index in [2.05, 4.69) is 18.3 Å². The third kappa shape index (κ3) is 2.82. The van der Waals surface area contributed by atoms with Crippen LogP contribution in [0.2, 0.25) is 0 Å². The minimum absolute atomic E-state index is 0.631. The van der Waals surface area contributed by atoms with Crippen LogP contribution in [0.1, 0.15) is 39.0 Å². The van der Waals surface area contributed by atoms with Crippen LogP contribution in [0.3, 0.4) is 0 Å². The Morgan fingerprint density at radius 1 is 1.29 bits per heavy atom. The quantitative estimate of drug-likeness (QED) is 0.682. The van der Waals surface area contributed by atoms with Gasteiger partial charge in [-0.2, -0.15) is 0 Å². The number of allylic oxidation sites excluding steroid dienone is 1. The van der Waals surface area contributed by atoms with E-state index < -0.39 is 0 Å². The third-order valence-electron chi connectivity index (χ3n) is 3.24. The van der Waals surface area contributed by atoms with Gasteiger partial charge in [0, 0.05) is 25.3 Å². The summed E-state index contributed by atoms with van der Waals surface area (Å²) in [5.41, 5.74) is 1.56. The highest BCUT2D eigenvalue weighted by molar-refractivity contribution is 5.08. The Morgan fingerprint density at radius 2 is 2.07 bits per heavy atom. The lowest BCUT2D eigenvalue weighted by Gasteiger charge is -2.29. The Hall–Kier alpha value is -0.340. The SMILES string of the molecule is CC1=CC(NC2CCOCC2)CCC1. The van der Waals surface area contributed by atoms with Gasteiger partial charge in [-0.3, -0.25) is 0 Å². The molecular formula is C12H21NO. The number of hydrogen-bond donors (Lipinski definition) is 1. The summed E-state index contributed by atoms with van der Waals surface area (Å²) in [4.78, 5) is 0. The Morgan fingerprint density at radius 3 is 2.79 bits per heavy atom. The van der Waals surface area contributed by atoms with Crippen LogP contribution in [0, 0.1) is 0 Å². The summed E-state index contributed by atoms with van der Waals surface area (Å²) in [6.45, 7) is 4.12. The molecule has 2 aliphatic rings. The van der Waals surface area contributed by atoms with Crippen LogP contribution in [0.25, 0.3) is 0 Å². The van der Waals surface area contributed by atoms with E-state index in [4.69, 9.17) is 4.74 Å². The highest BCUT2D eigenvalue weighted by atomic mass is 16.5. The van der Waals surface area contributed by atoms with E-state index in [9.17, 15) is 0 Å². The van der Waals surface area contributed by atoms with Crippen molar-refractivity contribution in [2.24, 2.45) is 0 Å². The van der Waals surface area contributed by atoms with Crippen molar-refractivity contribution in [1.82, 2.24) is 5.32 Å². The monoisotopic (exact) mass is 195 g/mol. The van der Waals surface area contributed by atoms with Crippen LogP contribution < -0.4 is 5.32 Å². The molecule has 1 saturated heterocycles. The fraction of sp³-hybridized carbons (Fsp3) is 0.833. The smallest absolute Gasteiger partial charge is 0.0480 e. The normalized spacial score (nSPS) is 30.1. The molecule has 1 aliphatic heterocycles. The Bertz CT molecular complexity index is 206. The summed E-state index contributed by atoms with van der Waals surface area (Å²) in [5, 5.41) is 3.73. The van der Waals surface area contributed by atoms with E-state index in [0.29, 0.717) is 12.1 Å². The fourth-order valence-electron chi connectivity index (χ4n) is 2.41. The summed E-state index contributed by atoms with van der Waals surface area (Å²) in [6.07, 6.45) is 8.75. The second kappa shape index (κ2) is 4.94. The molecule has 2 heteroatoms. The molecule has 1 unspecified atom stereocenters. The van der Waals surface area contributed by atoms with Gasteiger partial charge in [0.1, 0.15) is 0 Å². The molecule has 1 aliphatic carbocycles. The van der Waals surface area contributed by atoms with Gasteiger partial charge in [0.15, 0.2) is 0 Å². The molecule has 0 bridgehead atoms. The molecule has 14 heavy (non-hydrogen) atoms. The van der Waals surface area contributed by atoms with Gasteiger partial charge < -0.3 is 10.1 Å². The van der Waals surface area contributed by atoms with Crippen molar-refractivity contribution in [3.05, 3.63) is 11.6 Å². The third-order valence-corrected chi connectivity index (χ3v) is 3.24. The van der Waals surface area contributed by atoms with Crippen molar-refractivity contribution in [1.29, 1.82) is 0 Å². The maximum absolute atomic E-state index is 5.35. The van der Waals surface area contributed by atoms with Gasteiger partial charge in [0.05, 0.1) is 0 Å². The second-order valence-electron chi connectivity index (χ2n) is 4.57. The Balaban J connectivity index is 1.80. The summed E-state index contributed by atoms with van der Waals surface area (Å²) >= 11 is 0. The number of ether oxygens (including phenoxy) is 1. The average molecular weight is 195 g/mol. The molecule has 0 aromatic rings. The molecule has 1 fully saturated rings. The highest BCUT2D eigenvalue weighted by Gasteiger charge is 2.18. The van der Waals surface area contributed by atoms with E-state index in [1.165, 1.54) is 32.1 Å². The number of hydrogen-bond acceptors (Lipinski definition) is 2. The zero-order valence-electron chi connectivity index (χ0n) is 9.09. The van der Waals surface area contributed by atoms with Crippen molar-refractivity contribution >= 4 is 0 Å². The lowest BCUT2D eigenvalue weighted by atomic mass is 9.95. The van der Waals surface area contributed by atoms with Gasteiger partial charge in [-0.05, 0) is 39.0 Å². The largest absolute Gasteiger partial charge is 0.381 e. The van der Waals surface area contributed by atoms with Gasteiger partial charge in [0.25, 0.3) is 0 Å². The predicted octanol–water partition coefficient (Wildman–Crippen LogP) is 2.25. The first-order valence-electron chi connectivity index (χ1n) is 5.86. The van der Waals surface area contributed by atoms with E-state index in [0.717, 1.165) is 13.2 Å². The van der Waals surface area contributed by atoms with Crippen LogP contribution in [-0.4, -0.2) is 25.3 Å². The Labute approximate surface area is 86.7 Å². The molecule has 0 spiro atoms. The first kappa shape index (κ1) is 10.2. The van der Waals surface area contributed by atoms with Gasteiger partial charge >= 0.3 is 0 Å². The van der Waals surface area contributed by atoms with Crippen molar-refractivity contribution in [3.63, 3.8) is 0 Å². The maximum Gasteiger partial charge on any atom is 0.0480 e. The summed E-state index contributed by atoms with van der Waals surface area (Å²) in [5.74, 6) is 0.